The molecule has 0 aromatic carbocycles. The molecule has 0 N–H and O–H groups in total. The molecule has 1 aromatic rings. The van der Waals surface area contributed by atoms with E-state index in [0.717, 1.165) is 49.1 Å². The van der Waals surface area contributed by atoms with E-state index >= 15 is 0 Å². The van der Waals surface area contributed by atoms with Crippen molar-refractivity contribution in [2.24, 2.45) is 23.2 Å². The number of carbonyl (C=O) groups is 1. The quantitative estimate of drug-likeness (QED) is 0.857. The Hall–Kier alpha value is -1.32. The van der Waals surface area contributed by atoms with E-state index in [2.05, 4.69) is 18.2 Å². The Morgan fingerprint density at radius 2 is 1.86 bits per heavy atom. The van der Waals surface area contributed by atoms with Crippen molar-refractivity contribution in [3.05, 3.63) is 18.0 Å². The molecule has 0 radical (unpaired) electrons. The lowest BCUT2D eigenvalue weighted by Gasteiger charge is -2.56. The number of carbonyl (C=O) groups excluding carboxylic acids is 1. The van der Waals surface area contributed by atoms with E-state index in [-0.39, 0.29) is 5.41 Å². The largest absolute Gasteiger partial charge is 0.341 e. The maximum absolute atomic E-state index is 13.2. The maximum atomic E-state index is 13.2. The zero-order chi connectivity index (χ0) is 15.3. The van der Waals surface area contributed by atoms with Crippen molar-refractivity contribution >= 4 is 5.91 Å². The number of aromatic nitrogens is 2. The summed E-state index contributed by atoms with van der Waals surface area (Å²) < 4.78 is 1.93. The van der Waals surface area contributed by atoms with Crippen LogP contribution in [0.5, 0.6) is 0 Å². The zero-order valence-corrected chi connectivity index (χ0v) is 13.8. The lowest BCUT2D eigenvalue weighted by Crippen LogP contribution is -2.53. The van der Waals surface area contributed by atoms with E-state index in [1.165, 1.54) is 19.3 Å². The molecule has 0 saturated heterocycles. The molecule has 4 aliphatic rings. The average Bonchev–Trinajstić information content (AvgIpc) is 2.92. The summed E-state index contributed by atoms with van der Waals surface area (Å²) in [5, 5.41) is 4.32. The monoisotopic (exact) mass is 301 g/mol. The van der Waals surface area contributed by atoms with Crippen molar-refractivity contribution in [2.75, 3.05) is 7.05 Å². The van der Waals surface area contributed by atoms with E-state index < -0.39 is 0 Å². The molecular weight excluding hydrogens is 274 g/mol. The van der Waals surface area contributed by atoms with E-state index in [1.54, 1.807) is 0 Å². The molecule has 4 fully saturated rings. The van der Waals surface area contributed by atoms with Crippen LogP contribution in [0.2, 0.25) is 0 Å². The van der Waals surface area contributed by atoms with Crippen molar-refractivity contribution in [3.63, 3.8) is 0 Å². The van der Waals surface area contributed by atoms with Gasteiger partial charge in [-0.15, -0.1) is 0 Å². The van der Waals surface area contributed by atoms with Crippen LogP contribution in [0.25, 0.3) is 0 Å². The van der Waals surface area contributed by atoms with Gasteiger partial charge in [0.25, 0.3) is 0 Å². The van der Waals surface area contributed by atoms with E-state index in [9.17, 15) is 4.79 Å². The highest BCUT2D eigenvalue weighted by molar-refractivity contribution is 5.83. The molecular formula is C18H27N3O. The molecule has 5 rings (SSSR count). The second-order valence-corrected chi connectivity index (χ2v) is 8.06. The smallest absolute Gasteiger partial charge is 0.228 e. The average molecular weight is 301 g/mol. The van der Waals surface area contributed by atoms with Crippen molar-refractivity contribution in [2.45, 2.75) is 58.5 Å². The highest BCUT2D eigenvalue weighted by atomic mass is 16.2. The number of aryl methyl sites for hydroxylation is 1. The molecule has 4 heteroatoms. The fraction of sp³-hybridized carbons (Fsp3) is 0.778. The van der Waals surface area contributed by atoms with Gasteiger partial charge in [0.2, 0.25) is 5.91 Å². The Morgan fingerprint density at radius 1 is 1.27 bits per heavy atom. The van der Waals surface area contributed by atoms with Crippen LogP contribution in [0.4, 0.5) is 0 Å². The van der Waals surface area contributed by atoms with Crippen molar-refractivity contribution in [3.8, 4) is 0 Å². The SMILES string of the molecule is CCn1cc(CN(C)C(=O)C23CC4CC(CC(C4)C2)C3)cn1. The van der Waals surface area contributed by atoms with Gasteiger partial charge < -0.3 is 4.90 Å². The van der Waals surface area contributed by atoms with Crippen LogP contribution in [-0.2, 0) is 17.9 Å². The van der Waals surface area contributed by atoms with Gasteiger partial charge in [-0.05, 0) is 63.2 Å². The van der Waals surface area contributed by atoms with Crippen molar-refractivity contribution in [1.82, 2.24) is 14.7 Å². The van der Waals surface area contributed by atoms with Gasteiger partial charge in [0.05, 0.1) is 11.6 Å². The number of hydrogen-bond acceptors (Lipinski definition) is 2. The molecule has 4 bridgehead atoms. The number of rotatable bonds is 4. The summed E-state index contributed by atoms with van der Waals surface area (Å²) in [5.74, 6) is 2.88. The third-order valence-corrected chi connectivity index (χ3v) is 6.27. The molecule has 1 heterocycles. The van der Waals surface area contributed by atoms with Crippen LogP contribution in [0.15, 0.2) is 12.4 Å². The Bertz CT molecular complexity index is 541. The van der Waals surface area contributed by atoms with E-state index in [4.69, 9.17) is 0 Å². The number of amides is 1. The van der Waals surface area contributed by atoms with Gasteiger partial charge in [-0.3, -0.25) is 9.48 Å². The summed E-state index contributed by atoms with van der Waals surface area (Å²) >= 11 is 0. The molecule has 4 saturated carbocycles. The molecule has 0 atom stereocenters. The zero-order valence-electron chi connectivity index (χ0n) is 13.8. The highest BCUT2D eigenvalue weighted by Crippen LogP contribution is 2.60. The van der Waals surface area contributed by atoms with Gasteiger partial charge in [0, 0.05) is 31.9 Å². The minimum Gasteiger partial charge on any atom is -0.341 e. The van der Waals surface area contributed by atoms with Crippen LogP contribution in [-0.4, -0.2) is 27.6 Å². The lowest BCUT2D eigenvalue weighted by molar-refractivity contribution is -0.156. The first-order valence-corrected chi connectivity index (χ1v) is 8.85. The van der Waals surface area contributed by atoms with Crippen LogP contribution < -0.4 is 0 Å². The predicted molar refractivity (Wildman–Crippen MR) is 85.0 cm³/mol. The summed E-state index contributed by atoms with van der Waals surface area (Å²) in [4.78, 5) is 15.1. The Morgan fingerprint density at radius 3 is 2.36 bits per heavy atom. The molecule has 1 amide bonds. The second-order valence-electron chi connectivity index (χ2n) is 8.06. The third kappa shape index (κ3) is 2.27. The lowest BCUT2D eigenvalue weighted by atomic mass is 9.49. The van der Waals surface area contributed by atoms with Crippen molar-refractivity contribution in [1.29, 1.82) is 0 Å². The standard InChI is InChI=1S/C18H27N3O/c1-3-21-12-16(10-19-21)11-20(2)17(22)18-7-13-4-14(8-18)6-15(5-13)9-18/h10,12-15H,3-9,11H2,1-2H3. The first-order valence-electron chi connectivity index (χ1n) is 8.85. The first-order chi connectivity index (χ1) is 10.6. The fourth-order valence-electron chi connectivity index (χ4n) is 5.78. The fourth-order valence-corrected chi connectivity index (χ4v) is 5.78. The first kappa shape index (κ1) is 14.3. The van der Waals surface area contributed by atoms with E-state index in [0.29, 0.717) is 12.5 Å². The van der Waals surface area contributed by atoms with Gasteiger partial charge >= 0.3 is 0 Å². The summed E-state index contributed by atoms with van der Waals surface area (Å²) in [7, 11) is 1.98. The molecule has 0 unspecified atom stereocenters. The summed E-state index contributed by atoms with van der Waals surface area (Å²) in [6.07, 6.45) is 11.6. The predicted octanol–water partition coefficient (Wildman–Crippen LogP) is 3.08. The Labute approximate surface area is 132 Å². The van der Waals surface area contributed by atoms with Crippen LogP contribution in [0, 0.1) is 23.2 Å². The van der Waals surface area contributed by atoms with Crippen LogP contribution >= 0.6 is 0 Å². The Balaban J connectivity index is 1.48. The molecule has 0 aliphatic heterocycles. The maximum Gasteiger partial charge on any atom is 0.228 e. The molecule has 4 aliphatic carbocycles. The van der Waals surface area contributed by atoms with E-state index in [1.807, 2.05) is 22.8 Å². The normalized spacial score (nSPS) is 35.8. The summed E-state index contributed by atoms with van der Waals surface area (Å²) in [5.41, 5.74) is 1.12. The molecule has 0 spiro atoms. The van der Waals surface area contributed by atoms with Gasteiger partial charge in [-0.25, -0.2) is 0 Å². The Kier molecular flexibility index (Phi) is 3.31. The van der Waals surface area contributed by atoms with Gasteiger partial charge in [0.15, 0.2) is 0 Å². The highest BCUT2D eigenvalue weighted by Gasteiger charge is 2.55. The van der Waals surface area contributed by atoms with Gasteiger partial charge in [0.1, 0.15) is 0 Å². The molecule has 4 nitrogen and oxygen atoms in total. The summed E-state index contributed by atoms with van der Waals surface area (Å²) in [6.45, 7) is 3.66. The second kappa shape index (κ2) is 5.10. The van der Waals surface area contributed by atoms with Gasteiger partial charge in [-0.2, -0.15) is 5.10 Å². The summed E-state index contributed by atoms with van der Waals surface area (Å²) in [6, 6.07) is 0. The number of nitrogens with zero attached hydrogens (tertiary/aromatic N) is 3. The molecule has 1 aromatic heterocycles. The van der Waals surface area contributed by atoms with Crippen LogP contribution in [0.1, 0.15) is 51.0 Å². The van der Waals surface area contributed by atoms with Gasteiger partial charge in [-0.1, -0.05) is 0 Å². The molecule has 120 valence electrons. The number of hydrogen-bond donors (Lipinski definition) is 0. The van der Waals surface area contributed by atoms with Crippen molar-refractivity contribution < 1.29 is 4.79 Å². The third-order valence-electron chi connectivity index (χ3n) is 6.27. The molecule has 22 heavy (non-hydrogen) atoms. The van der Waals surface area contributed by atoms with Crippen LogP contribution in [0.3, 0.4) is 0 Å². The topological polar surface area (TPSA) is 38.1 Å². The minimum atomic E-state index is -0.0236. The minimum absolute atomic E-state index is 0.0236.